The number of rotatable bonds is 7. The van der Waals surface area contributed by atoms with Gasteiger partial charge in [-0.05, 0) is 6.92 Å². The Labute approximate surface area is 149 Å². The molecule has 0 aliphatic carbocycles. The van der Waals surface area contributed by atoms with Crippen molar-refractivity contribution in [1.29, 1.82) is 0 Å². The van der Waals surface area contributed by atoms with Crippen LogP contribution in [0.25, 0.3) is 0 Å². The number of methoxy groups -OCH3 is 2. The van der Waals surface area contributed by atoms with Crippen molar-refractivity contribution in [2.75, 3.05) is 14.2 Å². The van der Waals surface area contributed by atoms with Crippen molar-refractivity contribution in [3.8, 4) is 0 Å². The van der Waals surface area contributed by atoms with E-state index in [1.54, 1.807) is 0 Å². The Morgan fingerprint density at radius 2 is 1.64 bits per heavy atom. The summed E-state index contributed by atoms with van der Waals surface area (Å²) in [6, 6.07) is 8.30. The highest BCUT2D eigenvalue weighted by molar-refractivity contribution is 6.91. The van der Waals surface area contributed by atoms with Crippen molar-refractivity contribution in [3.63, 3.8) is 0 Å². The molecule has 1 aromatic rings. The second kappa shape index (κ2) is 8.98. The van der Waals surface area contributed by atoms with E-state index in [1.165, 1.54) is 21.1 Å². The van der Waals surface area contributed by atoms with Gasteiger partial charge < -0.3 is 25.0 Å². The summed E-state index contributed by atoms with van der Waals surface area (Å²) in [6.45, 7) is 5.38. The van der Waals surface area contributed by atoms with E-state index in [0.29, 0.717) is 0 Å². The maximum absolute atomic E-state index is 12.3. The number of carbonyl (C=O) groups is 2. The molecule has 3 N–H and O–H groups in total. The fraction of sp³-hybridized carbons (Fsp3) is 0.529. The largest absolute Gasteiger partial charge is 0.467 e. The topological polar surface area (TPSA) is 105 Å². The van der Waals surface area contributed by atoms with E-state index < -0.39 is 43.9 Å². The van der Waals surface area contributed by atoms with E-state index >= 15 is 0 Å². The normalized spacial score (nSPS) is 16.3. The molecular weight excluding hydrogens is 342 g/mol. The zero-order chi connectivity index (χ0) is 19.2. The van der Waals surface area contributed by atoms with Gasteiger partial charge in [0.1, 0.15) is 6.04 Å². The van der Waals surface area contributed by atoms with E-state index in [-0.39, 0.29) is 0 Å². The summed E-state index contributed by atoms with van der Waals surface area (Å²) in [6.07, 6.45) is -3.13. The molecular formula is C17H27NO6Si. The summed E-state index contributed by atoms with van der Waals surface area (Å²) in [4.78, 5) is 24.1. The Morgan fingerprint density at radius 1 is 1.08 bits per heavy atom. The first-order valence-corrected chi connectivity index (χ1v) is 11.1. The Hall–Kier alpha value is -1.90. The van der Waals surface area contributed by atoms with Crippen LogP contribution in [0.5, 0.6) is 0 Å². The van der Waals surface area contributed by atoms with Crippen LogP contribution in [0.2, 0.25) is 18.6 Å². The van der Waals surface area contributed by atoms with E-state index in [9.17, 15) is 19.8 Å². The molecule has 25 heavy (non-hydrogen) atoms. The number of hydrogen-bond acceptors (Lipinski definition) is 6. The lowest BCUT2D eigenvalue weighted by atomic mass is 10.0. The van der Waals surface area contributed by atoms with Gasteiger partial charge in [-0.25, -0.2) is 9.59 Å². The predicted octanol–water partition coefficient (Wildman–Crippen LogP) is 0.612. The smallest absolute Gasteiger partial charge is 0.407 e. The van der Waals surface area contributed by atoms with Crippen molar-refractivity contribution >= 4 is 25.3 Å². The average Bonchev–Trinajstić information content (AvgIpc) is 2.60. The number of aliphatic hydroxyl groups excluding tert-OH is 2. The molecule has 1 aromatic carbocycles. The lowest BCUT2D eigenvalue weighted by molar-refractivity contribution is -0.144. The fourth-order valence-corrected chi connectivity index (χ4v) is 6.63. The summed E-state index contributed by atoms with van der Waals surface area (Å²) in [5.74, 6) is -0.702. The van der Waals surface area contributed by atoms with Crippen LogP contribution in [0.1, 0.15) is 6.92 Å². The van der Waals surface area contributed by atoms with Gasteiger partial charge in [0.05, 0.1) is 34.5 Å². The van der Waals surface area contributed by atoms with Crippen LogP contribution < -0.4 is 10.5 Å². The van der Waals surface area contributed by atoms with Crippen molar-refractivity contribution in [1.82, 2.24) is 5.32 Å². The SMILES string of the molecule is COC(=O)N[C@H](C(=O)OC)[C@@H]([C@@H](O)[C@H](C)O)[Si](C)(C)c1ccccc1. The highest BCUT2D eigenvalue weighted by Crippen LogP contribution is 2.32. The van der Waals surface area contributed by atoms with Crippen LogP contribution in [0.3, 0.4) is 0 Å². The van der Waals surface area contributed by atoms with Gasteiger partial charge in [0.15, 0.2) is 0 Å². The van der Waals surface area contributed by atoms with Gasteiger partial charge in [0.25, 0.3) is 0 Å². The number of aliphatic hydroxyl groups is 2. The fourth-order valence-electron chi connectivity index (χ4n) is 3.01. The number of hydrogen-bond donors (Lipinski definition) is 3. The molecule has 0 fully saturated rings. The van der Waals surface area contributed by atoms with Crippen molar-refractivity contribution in [2.45, 2.75) is 43.8 Å². The number of ether oxygens (including phenoxy) is 2. The average molecular weight is 369 g/mol. The minimum absolute atomic E-state index is 0.702. The molecule has 8 heteroatoms. The molecule has 0 heterocycles. The molecule has 0 spiro atoms. The molecule has 140 valence electrons. The summed E-state index contributed by atoms with van der Waals surface area (Å²) in [7, 11) is -0.148. The number of benzene rings is 1. The molecule has 0 bridgehead atoms. The van der Waals surface area contributed by atoms with Crippen LogP contribution in [-0.4, -0.2) is 62.8 Å². The van der Waals surface area contributed by atoms with Crippen LogP contribution in [-0.2, 0) is 14.3 Å². The molecule has 4 atom stereocenters. The lowest BCUT2D eigenvalue weighted by Gasteiger charge is -2.41. The highest BCUT2D eigenvalue weighted by Gasteiger charge is 2.48. The number of alkyl carbamates (subject to hydrolysis) is 1. The minimum Gasteiger partial charge on any atom is -0.467 e. The second-order valence-corrected chi connectivity index (χ2v) is 11.2. The molecule has 0 aliphatic rings. The zero-order valence-corrected chi connectivity index (χ0v) is 16.2. The minimum atomic E-state index is -2.54. The number of esters is 1. The van der Waals surface area contributed by atoms with E-state index in [0.717, 1.165) is 5.19 Å². The molecule has 0 radical (unpaired) electrons. The third-order valence-electron chi connectivity index (χ3n) is 4.49. The predicted molar refractivity (Wildman–Crippen MR) is 96.3 cm³/mol. The van der Waals surface area contributed by atoms with Crippen LogP contribution in [0.15, 0.2) is 30.3 Å². The number of amides is 1. The van der Waals surface area contributed by atoms with E-state index in [1.807, 2.05) is 43.4 Å². The van der Waals surface area contributed by atoms with Crippen LogP contribution in [0.4, 0.5) is 4.79 Å². The summed E-state index contributed by atoms with van der Waals surface area (Å²) in [5.41, 5.74) is -0.735. The standard InChI is InChI=1S/C17H27NO6Si/c1-11(19)14(20)15(13(16(21)23-2)18-17(22)24-3)25(4,5)12-9-7-6-8-10-12/h6-11,13-15,19-20H,1-5H3,(H,18,22)/t11-,13-,14-,15-/m0/s1. The third kappa shape index (κ3) is 5.04. The maximum atomic E-state index is 12.3. The first kappa shape index (κ1) is 21.1. The summed E-state index contributed by atoms with van der Waals surface area (Å²) < 4.78 is 9.42. The van der Waals surface area contributed by atoms with Gasteiger partial charge >= 0.3 is 12.1 Å². The van der Waals surface area contributed by atoms with Gasteiger partial charge in [-0.2, -0.15) is 0 Å². The van der Waals surface area contributed by atoms with Crippen LogP contribution in [0, 0.1) is 0 Å². The number of carbonyl (C=O) groups excluding carboxylic acids is 2. The molecule has 0 saturated heterocycles. The molecule has 0 aliphatic heterocycles. The van der Waals surface area contributed by atoms with Crippen LogP contribution >= 0.6 is 0 Å². The number of nitrogens with one attached hydrogen (secondary N) is 1. The lowest BCUT2D eigenvalue weighted by Crippen LogP contribution is -2.61. The molecule has 0 aromatic heterocycles. The van der Waals surface area contributed by atoms with Crippen molar-refractivity contribution < 1.29 is 29.3 Å². The molecule has 0 saturated carbocycles. The van der Waals surface area contributed by atoms with E-state index in [2.05, 4.69) is 10.1 Å². The Bertz CT molecular complexity index is 578. The Kier molecular flexibility index (Phi) is 7.59. The van der Waals surface area contributed by atoms with E-state index in [4.69, 9.17) is 4.74 Å². The van der Waals surface area contributed by atoms with Gasteiger partial charge in [-0.3, -0.25) is 0 Å². The first-order chi connectivity index (χ1) is 11.7. The van der Waals surface area contributed by atoms with Gasteiger partial charge in [0, 0.05) is 5.54 Å². The monoisotopic (exact) mass is 369 g/mol. The Morgan fingerprint density at radius 3 is 2.08 bits per heavy atom. The molecule has 7 nitrogen and oxygen atoms in total. The molecule has 1 amide bonds. The molecule has 1 rings (SSSR count). The molecule has 0 unspecified atom stereocenters. The first-order valence-electron chi connectivity index (χ1n) is 8.00. The second-order valence-electron chi connectivity index (χ2n) is 6.48. The Balaban J connectivity index is 3.42. The van der Waals surface area contributed by atoms with Gasteiger partial charge in [0.2, 0.25) is 0 Å². The van der Waals surface area contributed by atoms with Gasteiger partial charge in [-0.1, -0.05) is 48.6 Å². The quantitative estimate of drug-likeness (QED) is 0.480. The summed E-state index contributed by atoms with van der Waals surface area (Å²) >= 11 is 0. The highest BCUT2D eigenvalue weighted by atomic mass is 28.3. The van der Waals surface area contributed by atoms with Gasteiger partial charge in [-0.15, -0.1) is 0 Å². The van der Waals surface area contributed by atoms with Crippen molar-refractivity contribution in [2.24, 2.45) is 0 Å². The summed E-state index contributed by atoms with van der Waals surface area (Å²) in [5, 5.41) is 24.1. The maximum Gasteiger partial charge on any atom is 0.407 e. The van der Waals surface area contributed by atoms with Crippen molar-refractivity contribution in [3.05, 3.63) is 30.3 Å². The zero-order valence-electron chi connectivity index (χ0n) is 15.2. The third-order valence-corrected chi connectivity index (χ3v) is 8.65.